The Morgan fingerprint density at radius 3 is 2.45 bits per heavy atom. The maximum Gasteiger partial charge on any atom is 0.137 e. The van der Waals surface area contributed by atoms with Crippen molar-refractivity contribution in [2.24, 2.45) is 12.8 Å². The number of nitrogens with zero attached hydrogens (tertiary/aromatic N) is 2. The number of rotatable bonds is 4. The molecule has 2 rings (SSSR count). The first-order valence-electron chi connectivity index (χ1n) is 7.36. The van der Waals surface area contributed by atoms with E-state index in [9.17, 15) is 0 Å². The summed E-state index contributed by atoms with van der Waals surface area (Å²) in [5.74, 6) is 0.721. The van der Waals surface area contributed by atoms with E-state index < -0.39 is 0 Å². The third-order valence-electron chi connectivity index (χ3n) is 3.86. The molecule has 0 spiro atoms. The van der Waals surface area contributed by atoms with Crippen molar-refractivity contribution in [3.8, 4) is 5.75 Å². The van der Waals surface area contributed by atoms with Gasteiger partial charge >= 0.3 is 0 Å². The van der Waals surface area contributed by atoms with Gasteiger partial charge in [0, 0.05) is 30.6 Å². The molecule has 0 radical (unpaired) electrons. The number of hydrogen-bond donors (Lipinski definition) is 1. The van der Waals surface area contributed by atoms with E-state index in [2.05, 4.69) is 31.9 Å². The van der Waals surface area contributed by atoms with E-state index in [0.717, 1.165) is 17.0 Å². The minimum absolute atomic E-state index is 0.00666. The SMILES string of the molecule is COc1ccc(C(CN)c2cc(C(C)(C)C)nn2C)cc1Cl. The van der Waals surface area contributed by atoms with Gasteiger partial charge in [0.15, 0.2) is 0 Å². The number of ether oxygens (including phenoxy) is 1. The van der Waals surface area contributed by atoms with Crippen LogP contribution in [0.15, 0.2) is 24.3 Å². The van der Waals surface area contributed by atoms with Gasteiger partial charge in [-0.2, -0.15) is 5.10 Å². The zero-order chi connectivity index (χ0) is 16.5. The highest BCUT2D eigenvalue weighted by atomic mass is 35.5. The van der Waals surface area contributed by atoms with Crippen LogP contribution in [0.2, 0.25) is 5.02 Å². The van der Waals surface area contributed by atoms with Gasteiger partial charge in [-0.05, 0) is 23.8 Å². The Hall–Kier alpha value is -1.52. The molecule has 0 aliphatic rings. The average Bonchev–Trinajstić information content (AvgIpc) is 2.82. The number of aromatic nitrogens is 2. The second-order valence-electron chi connectivity index (χ2n) is 6.51. The Labute approximate surface area is 137 Å². The zero-order valence-corrected chi connectivity index (χ0v) is 14.6. The summed E-state index contributed by atoms with van der Waals surface area (Å²) in [6.07, 6.45) is 0. The first-order chi connectivity index (χ1) is 10.3. The van der Waals surface area contributed by atoms with Gasteiger partial charge in [0.05, 0.1) is 17.8 Å². The lowest BCUT2D eigenvalue weighted by Gasteiger charge is -2.17. The van der Waals surface area contributed by atoms with Crippen LogP contribution in [-0.2, 0) is 12.5 Å². The lowest BCUT2D eigenvalue weighted by molar-refractivity contribution is 0.415. The molecule has 2 N–H and O–H groups in total. The lowest BCUT2D eigenvalue weighted by Crippen LogP contribution is -2.17. The fraction of sp³-hybridized carbons (Fsp3) is 0.471. The Kier molecular flexibility index (Phi) is 4.83. The maximum absolute atomic E-state index is 6.25. The summed E-state index contributed by atoms with van der Waals surface area (Å²) in [7, 11) is 3.57. The molecule has 1 aromatic heterocycles. The highest BCUT2D eigenvalue weighted by Gasteiger charge is 2.23. The summed E-state index contributed by atoms with van der Waals surface area (Å²) >= 11 is 6.25. The molecular weight excluding hydrogens is 298 g/mol. The van der Waals surface area contributed by atoms with Crippen LogP contribution in [0.4, 0.5) is 0 Å². The molecule has 0 saturated carbocycles. The first kappa shape index (κ1) is 16.8. The van der Waals surface area contributed by atoms with E-state index in [4.69, 9.17) is 22.1 Å². The van der Waals surface area contributed by atoms with Gasteiger partial charge in [0.2, 0.25) is 0 Å². The Balaban J connectivity index is 2.44. The molecule has 0 bridgehead atoms. The second kappa shape index (κ2) is 6.31. The topological polar surface area (TPSA) is 53.1 Å². The van der Waals surface area contributed by atoms with Crippen LogP contribution in [0.1, 0.15) is 43.6 Å². The summed E-state index contributed by atoms with van der Waals surface area (Å²) in [5.41, 5.74) is 9.25. The smallest absolute Gasteiger partial charge is 0.137 e. The normalized spacial score (nSPS) is 13.2. The minimum Gasteiger partial charge on any atom is -0.495 e. The molecule has 2 aromatic rings. The predicted molar refractivity (Wildman–Crippen MR) is 90.8 cm³/mol. The molecule has 0 saturated heterocycles. The molecule has 5 heteroatoms. The molecule has 1 aromatic carbocycles. The van der Waals surface area contributed by atoms with Crippen LogP contribution in [0.5, 0.6) is 5.75 Å². The maximum atomic E-state index is 6.25. The van der Waals surface area contributed by atoms with Crippen molar-refractivity contribution in [2.45, 2.75) is 32.1 Å². The molecule has 0 aliphatic heterocycles. The van der Waals surface area contributed by atoms with Crippen LogP contribution in [-0.4, -0.2) is 23.4 Å². The van der Waals surface area contributed by atoms with Crippen LogP contribution in [0.25, 0.3) is 0 Å². The van der Waals surface area contributed by atoms with E-state index in [0.29, 0.717) is 17.3 Å². The van der Waals surface area contributed by atoms with Crippen molar-refractivity contribution in [1.29, 1.82) is 0 Å². The number of hydrogen-bond acceptors (Lipinski definition) is 3. The van der Waals surface area contributed by atoms with Crippen molar-refractivity contribution < 1.29 is 4.74 Å². The van der Waals surface area contributed by atoms with E-state index in [1.807, 2.05) is 29.9 Å². The van der Waals surface area contributed by atoms with Crippen LogP contribution in [0.3, 0.4) is 0 Å². The number of halogens is 1. The minimum atomic E-state index is 0.00666. The van der Waals surface area contributed by atoms with E-state index >= 15 is 0 Å². The fourth-order valence-electron chi connectivity index (χ4n) is 2.50. The van der Waals surface area contributed by atoms with Crippen molar-refractivity contribution in [2.75, 3.05) is 13.7 Å². The second-order valence-corrected chi connectivity index (χ2v) is 6.92. The summed E-state index contributed by atoms with van der Waals surface area (Å²) in [6.45, 7) is 6.95. The Morgan fingerprint density at radius 1 is 1.32 bits per heavy atom. The monoisotopic (exact) mass is 321 g/mol. The van der Waals surface area contributed by atoms with E-state index in [1.54, 1.807) is 7.11 Å². The van der Waals surface area contributed by atoms with Gasteiger partial charge in [0.1, 0.15) is 5.75 Å². The van der Waals surface area contributed by atoms with Gasteiger partial charge in [-0.3, -0.25) is 4.68 Å². The van der Waals surface area contributed by atoms with E-state index in [-0.39, 0.29) is 11.3 Å². The number of nitrogens with two attached hydrogens (primary N) is 1. The van der Waals surface area contributed by atoms with Crippen LogP contribution in [0, 0.1) is 0 Å². The van der Waals surface area contributed by atoms with Crippen LogP contribution >= 0.6 is 11.6 Å². The summed E-state index contributed by atoms with van der Waals surface area (Å²) in [5, 5.41) is 5.23. The summed E-state index contributed by atoms with van der Waals surface area (Å²) in [4.78, 5) is 0. The quantitative estimate of drug-likeness (QED) is 0.938. The zero-order valence-electron chi connectivity index (χ0n) is 13.9. The Bertz CT molecular complexity index is 658. The molecule has 22 heavy (non-hydrogen) atoms. The number of methoxy groups -OCH3 is 1. The molecule has 120 valence electrons. The van der Waals surface area contributed by atoms with E-state index in [1.165, 1.54) is 0 Å². The van der Waals surface area contributed by atoms with Crippen molar-refractivity contribution in [1.82, 2.24) is 9.78 Å². The highest BCUT2D eigenvalue weighted by Crippen LogP contribution is 2.32. The van der Waals surface area contributed by atoms with Crippen LogP contribution < -0.4 is 10.5 Å². The van der Waals surface area contributed by atoms with Crippen molar-refractivity contribution >= 4 is 11.6 Å². The number of benzene rings is 1. The molecule has 1 unspecified atom stereocenters. The van der Waals surface area contributed by atoms with Crippen molar-refractivity contribution in [3.05, 3.63) is 46.2 Å². The average molecular weight is 322 g/mol. The molecule has 0 amide bonds. The van der Waals surface area contributed by atoms with Gasteiger partial charge < -0.3 is 10.5 Å². The molecule has 1 heterocycles. The fourth-order valence-corrected chi connectivity index (χ4v) is 2.77. The Morgan fingerprint density at radius 2 is 2.00 bits per heavy atom. The predicted octanol–water partition coefficient (Wildman–Crippen LogP) is 3.47. The number of aryl methyl sites for hydroxylation is 1. The largest absolute Gasteiger partial charge is 0.495 e. The van der Waals surface area contributed by atoms with Gasteiger partial charge in [-0.25, -0.2) is 0 Å². The lowest BCUT2D eigenvalue weighted by atomic mass is 9.90. The third kappa shape index (κ3) is 3.28. The molecule has 0 aliphatic carbocycles. The third-order valence-corrected chi connectivity index (χ3v) is 4.15. The standard InChI is InChI=1S/C17H24ClN3O/c1-17(2,3)16-9-14(21(4)20-16)12(10-19)11-6-7-15(22-5)13(18)8-11/h6-9,12H,10,19H2,1-5H3. The highest BCUT2D eigenvalue weighted by molar-refractivity contribution is 6.32. The van der Waals surface area contributed by atoms with Gasteiger partial charge in [-0.15, -0.1) is 0 Å². The van der Waals surface area contributed by atoms with Gasteiger partial charge in [0.25, 0.3) is 0 Å². The summed E-state index contributed by atoms with van der Waals surface area (Å²) in [6, 6.07) is 7.94. The van der Waals surface area contributed by atoms with Crippen molar-refractivity contribution in [3.63, 3.8) is 0 Å². The molecule has 1 atom stereocenters. The first-order valence-corrected chi connectivity index (χ1v) is 7.73. The molecule has 0 fully saturated rings. The summed E-state index contributed by atoms with van der Waals surface area (Å²) < 4.78 is 7.12. The molecular formula is C17H24ClN3O. The van der Waals surface area contributed by atoms with Gasteiger partial charge in [-0.1, -0.05) is 38.4 Å². The molecule has 4 nitrogen and oxygen atoms in total.